The Balaban J connectivity index is 1.19. The molecule has 0 spiro atoms. The van der Waals surface area contributed by atoms with Crippen LogP contribution in [0, 0.1) is 29.6 Å². The number of aromatic nitrogens is 2. The number of nitrogens with zero attached hydrogens (tertiary/aromatic N) is 4. The van der Waals surface area contributed by atoms with Crippen molar-refractivity contribution in [3.63, 3.8) is 0 Å². The SMILES string of the molecule is Cc1cc(-c2ccc3c(c2)c2ccccc2n3-c2cc(-c3ccc(C(F)(F)F)cc3C#N)ccc2-c2ccc(C#N)cc2-n2c3ccccc3c3cc(-c4cc(C(F)(F)F)cc(C(F)(F)F)c4)ccc32)cc(C(F)(F)F)c1. The van der Waals surface area contributed by atoms with Crippen molar-refractivity contribution in [1.29, 1.82) is 10.5 Å². The van der Waals surface area contributed by atoms with Crippen LogP contribution in [0.4, 0.5) is 52.7 Å². The monoisotopic (exact) mass is 1050 g/mol. The van der Waals surface area contributed by atoms with Crippen LogP contribution in [0.2, 0.25) is 0 Å². The highest BCUT2D eigenvalue weighted by Crippen LogP contribution is 2.46. The van der Waals surface area contributed by atoms with Crippen molar-refractivity contribution < 1.29 is 52.7 Å². The Morgan fingerprint density at radius 3 is 1.29 bits per heavy atom. The summed E-state index contributed by atoms with van der Waals surface area (Å²) >= 11 is 0. The van der Waals surface area contributed by atoms with Gasteiger partial charge in [-0.3, -0.25) is 0 Å². The molecule has 0 bridgehead atoms. The van der Waals surface area contributed by atoms with E-state index in [9.17, 15) is 63.2 Å². The third-order valence-corrected chi connectivity index (χ3v) is 13.7. The van der Waals surface area contributed by atoms with Gasteiger partial charge in [-0.2, -0.15) is 63.2 Å². The number of para-hydroxylation sites is 2. The summed E-state index contributed by atoms with van der Waals surface area (Å²) in [4.78, 5) is 0. The molecule has 0 atom stereocenters. The zero-order valence-corrected chi connectivity index (χ0v) is 39.6. The third-order valence-electron chi connectivity index (χ3n) is 13.7. The number of aryl methyl sites for hydroxylation is 1. The minimum Gasteiger partial charge on any atom is -0.309 e. The molecular weight excluding hydrogens is 1020 g/mol. The van der Waals surface area contributed by atoms with Gasteiger partial charge in [-0.05, 0) is 143 Å². The lowest BCUT2D eigenvalue weighted by Gasteiger charge is -2.20. The van der Waals surface area contributed by atoms with E-state index in [0.717, 1.165) is 24.3 Å². The summed E-state index contributed by atoms with van der Waals surface area (Å²) < 4.78 is 172. The molecule has 0 aliphatic carbocycles. The van der Waals surface area contributed by atoms with Gasteiger partial charge in [-0.15, -0.1) is 0 Å². The molecule has 9 aromatic carbocycles. The van der Waals surface area contributed by atoms with Gasteiger partial charge in [0.25, 0.3) is 0 Å². The lowest BCUT2D eigenvalue weighted by Crippen LogP contribution is -2.11. The van der Waals surface area contributed by atoms with E-state index in [0.29, 0.717) is 100 Å². The van der Waals surface area contributed by atoms with Gasteiger partial charge in [0.1, 0.15) is 0 Å². The number of nitriles is 2. The van der Waals surface area contributed by atoms with Gasteiger partial charge in [0.2, 0.25) is 0 Å². The fourth-order valence-corrected chi connectivity index (χ4v) is 10.2. The van der Waals surface area contributed by atoms with Gasteiger partial charge >= 0.3 is 24.7 Å². The van der Waals surface area contributed by atoms with E-state index in [4.69, 9.17) is 0 Å². The second-order valence-electron chi connectivity index (χ2n) is 18.5. The lowest BCUT2D eigenvalue weighted by molar-refractivity contribution is -0.143. The molecule has 11 rings (SSSR count). The Labute approximate surface area is 429 Å². The van der Waals surface area contributed by atoms with Gasteiger partial charge in [0, 0.05) is 32.7 Å². The lowest BCUT2D eigenvalue weighted by atomic mass is 9.93. The van der Waals surface area contributed by atoms with Crippen molar-refractivity contribution in [2.24, 2.45) is 0 Å². The van der Waals surface area contributed by atoms with Crippen LogP contribution in [-0.4, -0.2) is 9.13 Å². The zero-order chi connectivity index (χ0) is 54.5. The average Bonchev–Trinajstić information content (AvgIpc) is 4.08. The molecule has 0 aliphatic heterocycles. The molecule has 0 fully saturated rings. The van der Waals surface area contributed by atoms with Crippen molar-refractivity contribution in [2.75, 3.05) is 0 Å². The first-order chi connectivity index (χ1) is 36.5. The molecule has 0 saturated carbocycles. The van der Waals surface area contributed by atoms with Crippen LogP contribution in [0.15, 0.2) is 176 Å². The number of hydrogen-bond acceptors (Lipinski definition) is 2. The van der Waals surface area contributed by atoms with Crippen LogP contribution in [0.5, 0.6) is 0 Å². The Kier molecular flexibility index (Phi) is 11.6. The average molecular weight is 1050 g/mol. The number of hydrogen-bond donors (Lipinski definition) is 0. The summed E-state index contributed by atoms with van der Waals surface area (Å²) in [6, 6.07) is 45.9. The van der Waals surface area contributed by atoms with Crippen LogP contribution in [-0.2, 0) is 24.7 Å². The maximum atomic E-state index is 14.1. The molecular formula is C61H32F12N4. The van der Waals surface area contributed by atoms with Gasteiger partial charge in [-0.1, -0.05) is 78.9 Å². The molecule has 2 aromatic heterocycles. The smallest absolute Gasteiger partial charge is 0.309 e. The Morgan fingerprint density at radius 1 is 0.338 bits per heavy atom. The first-order valence-electron chi connectivity index (χ1n) is 23.4. The second kappa shape index (κ2) is 17.9. The molecule has 0 amide bonds. The number of rotatable bonds is 6. The molecule has 4 nitrogen and oxygen atoms in total. The molecule has 77 heavy (non-hydrogen) atoms. The minimum absolute atomic E-state index is 0.0543. The number of benzene rings is 9. The number of halogens is 12. The number of fused-ring (bicyclic) bond motifs is 6. The summed E-state index contributed by atoms with van der Waals surface area (Å²) in [7, 11) is 0. The Bertz CT molecular complexity index is 4290. The maximum Gasteiger partial charge on any atom is 0.416 e. The fourth-order valence-electron chi connectivity index (χ4n) is 10.2. The van der Waals surface area contributed by atoms with Crippen LogP contribution < -0.4 is 0 Å². The summed E-state index contributed by atoms with van der Waals surface area (Å²) in [6.45, 7) is 1.57. The molecule has 0 radical (unpaired) electrons. The molecule has 380 valence electrons. The minimum atomic E-state index is -5.10. The second-order valence-corrected chi connectivity index (χ2v) is 18.5. The highest BCUT2D eigenvalue weighted by molar-refractivity contribution is 6.13. The van der Waals surface area contributed by atoms with E-state index in [1.54, 1.807) is 110 Å². The van der Waals surface area contributed by atoms with Crippen LogP contribution in [0.1, 0.15) is 38.9 Å². The van der Waals surface area contributed by atoms with Crippen LogP contribution in [0.25, 0.3) is 99.5 Å². The van der Waals surface area contributed by atoms with E-state index in [2.05, 4.69) is 6.07 Å². The van der Waals surface area contributed by atoms with Crippen molar-refractivity contribution in [2.45, 2.75) is 31.6 Å². The first kappa shape index (κ1) is 49.9. The number of alkyl halides is 12. The highest BCUT2D eigenvalue weighted by Gasteiger charge is 2.38. The van der Waals surface area contributed by atoms with Gasteiger partial charge in [0.15, 0.2) is 0 Å². The first-order valence-corrected chi connectivity index (χ1v) is 23.4. The molecule has 0 saturated heterocycles. The van der Waals surface area contributed by atoms with E-state index >= 15 is 0 Å². The quantitative estimate of drug-likeness (QED) is 0.156. The van der Waals surface area contributed by atoms with Crippen molar-refractivity contribution in [3.8, 4) is 68.0 Å². The summed E-state index contributed by atoms with van der Waals surface area (Å²) in [5.41, 5.74) is 0.395. The van der Waals surface area contributed by atoms with Gasteiger partial charge in [0.05, 0.1) is 79.0 Å². The Hall–Kier alpha value is -9.28. The topological polar surface area (TPSA) is 57.4 Å². The summed E-state index contributed by atoms with van der Waals surface area (Å²) in [6.07, 6.45) is -19.6. The normalized spacial score (nSPS) is 12.5. The molecule has 16 heteroatoms. The van der Waals surface area contributed by atoms with Gasteiger partial charge < -0.3 is 9.13 Å². The largest absolute Gasteiger partial charge is 0.416 e. The van der Waals surface area contributed by atoms with Crippen molar-refractivity contribution >= 4 is 43.6 Å². The van der Waals surface area contributed by atoms with E-state index in [1.165, 1.54) is 18.2 Å². The molecule has 2 heterocycles. The van der Waals surface area contributed by atoms with Crippen molar-refractivity contribution in [3.05, 3.63) is 215 Å². The summed E-state index contributed by atoms with van der Waals surface area (Å²) in [5, 5.41) is 23.0. The van der Waals surface area contributed by atoms with Crippen molar-refractivity contribution in [1.82, 2.24) is 9.13 Å². The van der Waals surface area contributed by atoms with E-state index < -0.39 is 47.0 Å². The van der Waals surface area contributed by atoms with Gasteiger partial charge in [-0.25, -0.2) is 0 Å². The maximum absolute atomic E-state index is 14.1. The Morgan fingerprint density at radius 2 is 0.779 bits per heavy atom. The molecule has 11 aromatic rings. The fraction of sp³-hybridized carbons (Fsp3) is 0.0820. The molecule has 0 aliphatic rings. The molecule has 0 unspecified atom stereocenters. The van der Waals surface area contributed by atoms with E-state index in [1.807, 2.05) is 27.3 Å². The van der Waals surface area contributed by atoms with Crippen LogP contribution in [0.3, 0.4) is 0 Å². The predicted octanol–water partition coefficient (Wildman–Crippen LogP) is 18.7. The highest BCUT2D eigenvalue weighted by atomic mass is 19.4. The van der Waals surface area contributed by atoms with Crippen LogP contribution >= 0.6 is 0 Å². The zero-order valence-electron chi connectivity index (χ0n) is 39.6. The predicted molar refractivity (Wildman–Crippen MR) is 271 cm³/mol. The van der Waals surface area contributed by atoms with E-state index in [-0.39, 0.29) is 33.9 Å². The summed E-state index contributed by atoms with van der Waals surface area (Å²) in [5.74, 6) is 0. The standard InChI is InChI=1S/C61H32F12N4/c1-33-20-38(23-42(21-33)59(65,66)67)35-12-18-55-50(27-35)47-7-3-5-9-53(47)77(55)57-29-37(45-17-14-41(58(62,63)64)26-40(45)32-75)11-16-49(57)48-15-10-34(31-74)22-56(48)76-52-8-4-2-6-46(52)51-28-36(13-19-54(51)76)39-24-43(60(68,69)70)30-44(25-39)61(71,72)73/h2-30H,1H3. The third kappa shape index (κ3) is 8.85. The molecule has 0 N–H and O–H groups in total.